The van der Waals surface area contributed by atoms with Crippen LogP contribution in [0.3, 0.4) is 0 Å². The quantitative estimate of drug-likeness (QED) is 0.699. The van der Waals surface area contributed by atoms with E-state index in [1.54, 1.807) is 18.3 Å². The highest BCUT2D eigenvalue weighted by molar-refractivity contribution is 7.09. The molecule has 0 fully saturated rings. The third kappa shape index (κ3) is 4.37. The Hall–Kier alpha value is -2.93. The van der Waals surface area contributed by atoms with Crippen LogP contribution in [0.15, 0.2) is 52.6 Å². The molecule has 2 aromatic heterocycles. The SMILES string of the molecule is Cc1cc(O)cc(=O)n1CC(=O)NCCc1nc(-c2ccccc2)cs1. The molecule has 3 aromatic rings. The lowest BCUT2D eigenvalue weighted by Crippen LogP contribution is -2.34. The van der Waals surface area contributed by atoms with Crippen molar-refractivity contribution < 1.29 is 9.90 Å². The molecule has 0 atom stereocenters. The molecule has 0 aliphatic heterocycles. The van der Waals surface area contributed by atoms with Crippen molar-refractivity contribution in [2.24, 2.45) is 0 Å². The molecular formula is C19H19N3O3S. The number of thiazole rings is 1. The zero-order valence-corrected chi connectivity index (χ0v) is 15.1. The summed E-state index contributed by atoms with van der Waals surface area (Å²) in [5.41, 5.74) is 2.15. The van der Waals surface area contributed by atoms with Crippen molar-refractivity contribution in [3.05, 3.63) is 68.9 Å². The van der Waals surface area contributed by atoms with Crippen molar-refractivity contribution in [1.29, 1.82) is 0 Å². The first kappa shape index (κ1) is 17.9. The minimum Gasteiger partial charge on any atom is -0.508 e. The summed E-state index contributed by atoms with van der Waals surface area (Å²) in [6.45, 7) is 2.06. The fraction of sp³-hybridized carbons (Fsp3) is 0.211. The summed E-state index contributed by atoms with van der Waals surface area (Å²) >= 11 is 1.56. The molecule has 3 rings (SSSR count). The van der Waals surface area contributed by atoms with Crippen molar-refractivity contribution in [2.45, 2.75) is 19.9 Å². The van der Waals surface area contributed by atoms with Crippen molar-refractivity contribution in [2.75, 3.05) is 6.54 Å². The summed E-state index contributed by atoms with van der Waals surface area (Å²) in [5.74, 6) is -0.345. The molecule has 26 heavy (non-hydrogen) atoms. The fourth-order valence-corrected chi connectivity index (χ4v) is 3.40. The number of benzene rings is 1. The van der Waals surface area contributed by atoms with Crippen LogP contribution in [-0.4, -0.2) is 27.1 Å². The Labute approximate surface area is 154 Å². The molecular weight excluding hydrogens is 350 g/mol. The maximum Gasteiger partial charge on any atom is 0.254 e. The van der Waals surface area contributed by atoms with E-state index in [-0.39, 0.29) is 18.2 Å². The molecule has 0 aliphatic carbocycles. The summed E-state index contributed by atoms with van der Waals surface area (Å²) in [5, 5.41) is 15.1. The van der Waals surface area contributed by atoms with Crippen LogP contribution in [0.25, 0.3) is 11.3 Å². The van der Waals surface area contributed by atoms with E-state index in [0.717, 1.165) is 22.3 Å². The van der Waals surface area contributed by atoms with Gasteiger partial charge in [0.15, 0.2) is 0 Å². The Morgan fingerprint density at radius 3 is 2.77 bits per heavy atom. The predicted molar refractivity (Wildman–Crippen MR) is 101 cm³/mol. The first-order chi connectivity index (χ1) is 12.5. The van der Waals surface area contributed by atoms with Crippen LogP contribution in [0.5, 0.6) is 5.75 Å². The molecule has 134 valence electrons. The van der Waals surface area contributed by atoms with E-state index in [4.69, 9.17) is 0 Å². The Kier molecular flexibility index (Phi) is 5.48. The van der Waals surface area contributed by atoms with E-state index in [0.29, 0.717) is 18.7 Å². The van der Waals surface area contributed by atoms with E-state index in [9.17, 15) is 14.7 Å². The van der Waals surface area contributed by atoms with Crippen LogP contribution in [0.1, 0.15) is 10.7 Å². The van der Waals surface area contributed by atoms with Gasteiger partial charge >= 0.3 is 0 Å². The molecule has 1 aromatic carbocycles. The summed E-state index contributed by atoms with van der Waals surface area (Å²) in [7, 11) is 0. The standard InChI is InChI=1S/C19H19N3O3S/c1-13-9-15(23)10-19(25)22(13)11-17(24)20-8-7-18-21-16(12-26-18)14-5-3-2-4-6-14/h2-6,9-10,12,23H,7-8,11H2,1H3,(H,20,24). The van der Waals surface area contributed by atoms with Gasteiger partial charge in [-0.2, -0.15) is 0 Å². The number of rotatable bonds is 6. The van der Waals surface area contributed by atoms with E-state index in [1.165, 1.54) is 10.6 Å². The van der Waals surface area contributed by atoms with E-state index in [2.05, 4.69) is 10.3 Å². The highest BCUT2D eigenvalue weighted by Gasteiger charge is 2.09. The number of aryl methyl sites for hydroxylation is 1. The molecule has 0 aliphatic rings. The van der Waals surface area contributed by atoms with Gasteiger partial charge in [0.25, 0.3) is 5.56 Å². The predicted octanol–water partition coefficient (Wildman–Crippen LogP) is 2.34. The first-order valence-electron chi connectivity index (χ1n) is 8.20. The van der Waals surface area contributed by atoms with Crippen molar-refractivity contribution in [3.63, 3.8) is 0 Å². The normalized spacial score (nSPS) is 10.7. The van der Waals surface area contributed by atoms with Crippen LogP contribution in [0.4, 0.5) is 0 Å². The summed E-state index contributed by atoms with van der Waals surface area (Å²) in [6.07, 6.45) is 0.632. The van der Waals surface area contributed by atoms with Gasteiger partial charge < -0.3 is 15.0 Å². The van der Waals surface area contributed by atoms with Gasteiger partial charge in [0.1, 0.15) is 12.3 Å². The smallest absolute Gasteiger partial charge is 0.254 e. The Bertz CT molecular complexity index is 964. The first-order valence-corrected chi connectivity index (χ1v) is 9.08. The van der Waals surface area contributed by atoms with Gasteiger partial charge in [-0.3, -0.25) is 9.59 Å². The number of aromatic hydroxyl groups is 1. The van der Waals surface area contributed by atoms with Crippen LogP contribution in [0.2, 0.25) is 0 Å². The number of nitrogens with one attached hydrogen (secondary N) is 1. The molecule has 0 saturated carbocycles. The van der Waals surface area contributed by atoms with Gasteiger partial charge in [0.05, 0.1) is 10.7 Å². The Balaban J connectivity index is 1.53. The Morgan fingerprint density at radius 2 is 2.04 bits per heavy atom. The number of nitrogens with zero attached hydrogens (tertiary/aromatic N) is 2. The topological polar surface area (TPSA) is 84.2 Å². The van der Waals surface area contributed by atoms with E-state index >= 15 is 0 Å². The number of hydrogen-bond acceptors (Lipinski definition) is 5. The van der Waals surface area contributed by atoms with Crippen LogP contribution in [-0.2, 0) is 17.8 Å². The summed E-state index contributed by atoms with van der Waals surface area (Å²) < 4.78 is 1.33. The number of amides is 1. The Morgan fingerprint density at radius 1 is 1.27 bits per heavy atom. The lowest BCUT2D eigenvalue weighted by Gasteiger charge is -2.10. The van der Waals surface area contributed by atoms with Crippen molar-refractivity contribution in [1.82, 2.24) is 14.9 Å². The van der Waals surface area contributed by atoms with E-state index < -0.39 is 5.56 Å². The molecule has 0 unspecified atom stereocenters. The third-order valence-electron chi connectivity index (χ3n) is 3.90. The van der Waals surface area contributed by atoms with Crippen LogP contribution >= 0.6 is 11.3 Å². The molecule has 0 saturated heterocycles. The largest absolute Gasteiger partial charge is 0.508 e. The van der Waals surface area contributed by atoms with Crippen molar-refractivity contribution >= 4 is 17.2 Å². The highest BCUT2D eigenvalue weighted by Crippen LogP contribution is 2.21. The lowest BCUT2D eigenvalue weighted by atomic mass is 10.2. The van der Waals surface area contributed by atoms with E-state index in [1.807, 2.05) is 35.7 Å². The number of aromatic nitrogens is 2. The molecule has 6 nitrogen and oxygen atoms in total. The van der Waals surface area contributed by atoms with Gasteiger partial charge in [-0.15, -0.1) is 11.3 Å². The zero-order chi connectivity index (χ0) is 18.5. The zero-order valence-electron chi connectivity index (χ0n) is 14.3. The lowest BCUT2D eigenvalue weighted by molar-refractivity contribution is -0.121. The average molecular weight is 369 g/mol. The van der Waals surface area contributed by atoms with Gasteiger partial charge in [0, 0.05) is 35.7 Å². The fourth-order valence-electron chi connectivity index (χ4n) is 2.59. The highest BCUT2D eigenvalue weighted by atomic mass is 32.1. The monoisotopic (exact) mass is 369 g/mol. The molecule has 2 N–H and O–H groups in total. The molecule has 0 bridgehead atoms. The second kappa shape index (κ2) is 7.97. The second-order valence-electron chi connectivity index (χ2n) is 5.87. The van der Waals surface area contributed by atoms with Gasteiger partial charge in [0.2, 0.25) is 5.91 Å². The van der Waals surface area contributed by atoms with Gasteiger partial charge in [-0.25, -0.2) is 4.98 Å². The third-order valence-corrected chi connectivity index (χ3v) is 4.81. The molecule has 7 heteroatoms. The van der Waals surface area contributed by atoms with Crippen molar-refractivity contribution in [3.8, 4) is 17.0 Å². The minimum atomic E-state index is -0.398. The minimum absolute atomic E-state index is 0.0713. The van der Waals surface area contributed by atoms with Crippen LogP contribution in [0, 0.1) is 6.92 Å². The maximum atomic E-state index is 12.1. The van der Waals surface area contributed by atoms with Crippen LogP contribution < -0.4 is 10.9 Å². The molecule has 1 amide bonds. The number of pyridine rings is 1. The van der Waals surface area contributed by atoms with Gasteiger partial charge in [-0.05, 0) is 13.0 Å². The number of hydrogen-bond donors (Lipinski definition) is 2. The second-order valence-corrected chi connectivity index (χ2v) is 6.81. The average Bonchev–Trinajstić information content (AvgIpc) is 3.08. The number of carbonyl (C=O) groups excluding carboxylic acids is 1. The summed E-state index contributed by atoms with van der Waals surface area (Å²) in [4.78, 5) is 28.5. The molecule has 0 radical (unpaired) electrons. The molecule has 2 heterocycles. The number of carbonyl (C=O) groups is 1. The van der Waals surface area contributed by atoms with Gasteiger partial charge in [-0.1, -0.05) is 30.3 Å². The summed E-state index contributed by atoms with van der Waals surface area (Å²) in [6, 6.07) is 12.5. The molecule has 0 spiro atoms. The maximum absolute atomic E-state index is 12.1.